The van der Waals surface area contributed by atoms with Crippen molar-refractivity contribution in [3.8, 4) is 11.7 Å². The first-order chi connectivity index (χ1) is 9.24. The molecule has 7 heteroatoms. The summed E-state index contributed by atoms with van der Waals surface area (Å²) in [6.45, 7) is 2.75. The van der Waals surface area contributed by atoms with Crippen LogP contribution >= 0.6 is 15.9 Å². The summed E-state index contributed by atoms with van der Waals surface area (Å²) < 4.78 is 11.7. The Balaban J connectivity index is 1.65. The minimum Gasteiger partial charge on any atom is -0.444 e. The van der Waals surface area contributed by atoms with Gasteiger partial charge in [-0.15, -0.1) is 10.2 Å². The van der Waals surface area contributed by atoms with E-state index >= 15 is 0 Å². The van der Waals surface area contributed by atoms with Crippen LogP contribution in [-0.2, 0) is 6.54 Å². The topological polar surface area (TPSA) is 67.3 Å². The zero-order valence-electron chi connectivity index (χ0n) is 10.6. The molecule has 1 aliphatic heterocycles. The quantitative estimate of drug-likeness (QED) is 0.925. The van der Waals surface area contributed by atoms with Crippen LogP contribution in [-0.4, -0.2) is 41.3 Å². The van der Waals surface area contributed by atoms with E-state index in [1.54, 1.807) is 12.1 Å². The molecule has 0 aliphatic carbocycles. The van der Waals surface area contributed by atoms with E-state index in [1.807, 2.05) is 7.05 Å². The number of furan rings is 1. The highest BCUT2D eigenvalue weighted by atomic mass is 79.9. The average molecular weight is 327 g/mol. The first-order valence-electron chi connectivity index (χ1n) is 6.22. The van der Waals surface area contributed by atoms with Crippen molar-refractivity contribution in [1.82, 2.24) is 20.4 Å². The van der Waals surface area contributed by atoms with Crippen LogP contribution in [0.25, 0.3) is 11.7 Å². The first kappa shape index (κ1) is 12.8. The summed E-state index contributed by atoms with van der Waals surface area (Å²) in [5, 5.41) is 11.4. The fourth-order valence-corrected chi connectivity index (χ4v) is 2.56. The van der Waals surface area contributed by atoms with Gasteiger partial charge in [-0.25, -0.2) is 0 Å². The summed E-state index contributed by atoms with van der Waals surface area (Å²) in [6, 6.07) is 4.16. The van der Waals surface area contributed by atoms with Gasteiger partial charge in [0.15, 0.2) is 10.4 Å². The molecule has 102 valence electrons. The number of aromatic nitrogens is 2. The van der Waals surface area contributed by atoms with Crippen molar-refractivity contribution in [2.24, 2.45) is 0 Å². The van der Waals surface area contributed by atoms with Gasteiger partial charge in [0, 0.05) is 19.1 Å². The summed E-state index contributed by atoms with van der Waals surface area (Å²) in [5.41, 5.74) is 0. The van der Waals surface area contributed by atoms with E-state index < -0.39 is 0 Å². The molecule has 0 spiro atoms. The molecule has 1 atom stereocenters. The van der Waals surface area contributed by atoms with Crippen LogP contribution in [0.1, 0.15) is 12.3 Å². The monoisotopic (exact) mass is 326 g/mol. The molecule has 3 rings (SSSR count). The van der Waals surface area contributed by atoms with Gasteiger partial charge >= 0.3 is 0 Å². The molecule has 1 unspecified atom stereocenters. The molecule has 0 aromatic carbocycles. The predicted octanol–water partition coefficient (Wildman–Crippen LogP) is 1.89. The normalized spacial score (nSPS) is 20.2. The van der Waals surface area contributed by atoms with Crippen LogP contribution in [0, 0.1) is 0 Å². The van der Waals surface area contributed by atoms with Gasteiger partial charge < -0.3 is 14.2 Å². The molecule has 0 amide bonds. The number of nitrogens with zero attached hydrogens (tertiary/aromatic N) is 3. The molecule has 3 heterocycles. The van der Waals surface area contributed by atoms with Crippen molar-refractivity contribution in [3.63, 3.8) is 0 Å². The molecule has 6 nitrogen and oxygen atoms in total. The number of halogens is 1. The Bertz CT molecular complexity index is 553. The lowest BCUT2D eigenvalue weighted by Crippen LogP contribution is -2.29. The summed E-state index contributed by atoms with van der Waals surface area (Å²) in [5.74, 6) is 1.63. The van der Waals surface area contributed by atoms with E-state index in [1.165, 1.54) is 0 Å². The average Bonchev–Trinajstić information content (AvgIpc) is 3.10. The molecule has 1 aliphatic rings. The van der Waals surface area contributed by atoms with E-state index in [0.717, 1.165) is 19.5 Å². The van der Waals surface area contributed by atoms with Gasteiger partial charge in [0.1, 0.15) is 0 Å². The molecule has 1 saturated heterocycles. The van der Waals surface area contributed by atoms with Gasteiger partial charge in [-0.3, -0.25) is 4.90 Å². The number of rotatable bonds is 4. The third-order valence-corrected chi connectivity index (χ3v) is 3.72. The molecule has 2 aromatic rings. The second-order valence-electron chi connectivity index (χ2n) is 4.61. The molecular formula is C12H15BrN4O2. The molecule has 1 fully saturated rings. The van der Waals surface area contributed by atoms with Gasteiger partial charge in [0.2, 0.25) is 5.89 Å². The Morgan fingerprint density at radius 2 is 2.32 bits per heavy atom. The number of likely N-dealkylation sites (N-methyl/N-ethyl adjacent to an activating group) is 1. The van der Waals surface area contributed by atoms with E-state index in [4.69, 9.17) is 8.83 Å². The second kappa shape index (κ2) is 5.44. The Morgan fingerprint density at radius 1 is 1.42 bits per heavy atom. The molecule has 0 bridgehead atoms. The van der Waals surface area contributed by atoms with Gasteiger partial charge in [-0.1, -0.05) is 0 Å². The summed E-state index contributed by atoms with van der Waals surface area (Å²) in [7, 11) is 1.99. The first-order valence-corrected chi connectivity index (χ1v) is 7.01. The SMILES string of the molecule is CNC1CCN(Cc2nnc(-c3ccc(Br)o3)o2)C1. The van der Waals surface area contributed by atoms with Crippen LogP contribution in [0.2, 0.25) is 0 Å². The van der Waals surface area contributed by atoms with Crippen LogP contribution in [0.5, 0.6) is 0 Å². The van der Waals surface area contributed by atoms with Gasteiger partial charge in [-0.2, -0.15) is 0 Å². The van der Waals surface area contributed by atoms with E-state index in [2.05, 4.69) is 36.3 Å². The number of likely N-dealkylation sites (tertiary alicyclic amines) is 1. The van der Waals surface area contributed by atoms with Gasteiger partial charge in [0.25, 0.3) is 5.89 Å². The minimum absolute atomic E-state index is 0.421. The Labute approximate surface area is 119 Å². The molecule has 19 heavy (non-hydrogen) atoms. The molecule has 1 N–H and O–H groups in total. The maximum Gasteiger partial charge on any atom is 0.283 e. The van der Waals surface area contributed by atoms with E-state index in [9.17, 15) is 0 Å². The van der Waals surface area contributed by atoms with Gasteiger partial charge in [-0.05, 0) is 41.5 Å². The number of nitrogens with one attached hydrogen (secondary N) is 1. The third kappa shape index (κ3) is 2.88. The highest BCUT2D eigenvalue weighted by molar-refractivity contribution is 9.10. The lowest BCUT2D eigenvalue weighted by atomic mass is 10.3. The third-order valence-electron chi connectivity index (χ3n) is 3.29. The Kier molecular flexibility index (Phi) is 3.67. The molecular weight excluding hydrogens is 312 g/mol. The van der Waals surface area contributed by atoms with Crippen LogP contribution in [0.4, 0.5) is 0 Å². The van der Waals surface area contributed by atoms with Crippen molar-refractivity contribution >= 4 is 15.9 Å². The van der Waals surface area contributed by atoms with E-state index in [0.29, 0.717) is 34.8 Å². The highest BCUT2D eigenvalue weighted by Crippen LogP contribution is 2.24. The fraction of sp³-hybridized carbons (Fsp3) is 0.500. The lowest BCUT2D eigenvalue weighted by molar-refractivity contribution is 0.285. The molecule has 0 saturated carbocycles. The molecule has 0 radical (unpaired) electrons. The lowest BCUT2D eigenvalue weighted by Gasteiger charge is -2.12. The number of hydrogen-bond acceptors (Lipinski definition) is 6. The standard InChI is InChI=1S/C12H15BrN4O2/c1-14-8-4-5-17(6-8)7-11-15-16-12(19-11)9-2-3-10(13)18-9/h2-3,8,14H,4-7H2,1H3. The minimum atomic E-state index is 0.421. The van der Waals surface area contributed by atoms with Crippen LogP contribution < -0.4 is 5.32 Å². The Morgan fingerprint density at radius 3 is 3.00 bits per heavy atom. The van der Waals surface area contributed by atoms with Crippen molar-refractivity contribution < 1.29 is 8.83 Å². The maximum absolute atomic E-state index is 5.61. The van der Waals surface area contributed by atoms with Crippen molar-refractivity contribution in [2.45, 2.75) is 19.0 Å². The number of hydrogen-bond donors (Lipinski definition) is 1. The van der Waals surface area contributed by atoms with Crippen molar-refractivity contribution in [3.05, 3.63) is 22.7 Å². The van der Waals surface area contributed by atoms with E-state index in [-0.39, 0.29) is 0 Å². The fourth-order valence-electron chi connectivity index (χ4n) is 2.25. The summed E-state index contributed by atoms with van der Waals surface area (Å²) >= 11 is 3.25. The van der Waals surface area contributed by atoms with Crippen LogP contribution in [0.3, 0.4) is 0 Å². The smallest absolute Gasteiger partial charge is 0.283 e. The summed E-state index contributed by atoms with van der Waals surface area (Å²) in [4.78, 5) is 2.30. The highest BCUT2D eigenvalue weighted by Gasteiger charge is 2.23. The van der Waals surface area contributed by atoms with Crippen molar-refractivity contribution in [2.75, 3.05) is 20.1 Å². The second-order valence-corrected chi connectivity index (χ2v) is 5.40. The largest absolute Gasteiger partial charge is 0.444 e. The zero-order chi connectivity index (χ0) is 13.2. The van der Waals surface area contributed by atoms with Crippen molar-refractivity contribution in [1.29, 1.82) is 0 Å². The maximum atomic E-state index is 5.61. The molecule has 2 aromatic heterocycles. The zero-order valence-corrected chi connectivity index (χ0v) is 12.2. The van der Waals surface area contributed by atoms with Gasteiger partial charge in [0.05, 0.1) is 6.54 Å². The Hall–Kier alpha value is -1.18. The predicted molar refractivity (Wildman–Crippen MR) is 72.4 cm³/mol. The van der Waals surface area contributed by atoms with Crippen LogP contribution in [0.15, 0.2) is 25.6 Å². The summed E-state index contributed by atoms with van der Waals surface area (Å²) in [6.07, 6.45) is 1.16.